The molecule has 0 bridgehead atoms. The Kier molecular flexibility index (Phi) is 3.96. The normalized spacial score (nSPS) is 19.2. The Balaban J connectivity index is 2.10. The molecule has 19 heavy (non-hydrogen) atoms. The van der Waals surface area contributed by atoms with Gasteiger partial charge in [-0.25, -0.2) is 4.98 Å². The maximum absolute atomic E-state index is 11.1. The lowest BCUT2D eigenvalue weighted by Crippen LogP contribution is -2.43. The lowest BCUT2D eigenvalue weighted by Gasteiger charge is -2.33. The van der Waals surface area contributed by atoms with Crippen LogP contribution in [0.4, 0.5) is 5.82 Å². The van der Waals surface area contributed by atoms with E-state index in [1.54, 1.807) is 18.2 Å². The summed E-state index contributed by atoms with van der Waals surface area (Å²) in [6.07, 6.45) is -0.420. The number of rotatable bonds is 4. The van der Waals surface area contributed by atoms with E-state index in [0.29, 0.717) is 25.5 Å². The van der Waals surface area contributed by atoms with Gasteiger partial charge in [0.1, 0.15) is 11.5 Å². The Morgan fingerprint density at radius 3 is 3.00 bits per heavy atom. The molecule has 0 radical (unpaired) electrons. The smallest absolute Gasteiger partial charge is 0.306 e. The van der Waals surface area contributed by atoms with Gasteiger partial charge in [-0.2, -0.15) is 0 Å². The number of morpholine rings is 1. The lowest BCUT2D eigenvalue weighted by molar-refractivity contribution is -0.140. The molecule has 1 atom stereocenters. The van der Waals surface area contributed by atoms with Crippen LogP contribution in [-0.4, -0.2) is 47.8 Å². The molecule has 1 saturated heterocycles. The number of amides is 1. The highest BCUT2D eigenvalue weighted by Gasteiger charge is 2.23. The third-order valence-electron chi connectivity index (χ3n) is 2.85. The van der Waals surface area contributed by atoms with Crippen LogP contribution < -0.4 is 10.6 Å². The third-order valence-corrected chi connectivity index (χ3v) is 2.85. The van der Waals surface area contributed by atoms with Crippen LogP contribution in [0.3, 0.4) is 0 Å². The summed E-state index contributed by atoms with van der Waals surface area (Å²) in [5.41, 5.74) is 5.38. The molecule has 0 saturated carbocycles. The number of aliphatic carboxylic acids is 1. The summed E-state index contributed by atoms with van der Waals surface area (Å²) in [5, 5.41) is 8.76. The van der Waals surface area contributed by atoms with Crippen molar-refractivity contribution in [3.8, 4) is 0 Å². The first-order valence-electron chi connectivity index (χ1n) is 5.91. The van der Waals surface area contributed by atoms with Crippen molar-refractivity contribution in [3.05, 3.63) is 23.9 Å². The number of aromatic nitrogens is 1. The number of primary amides is 1. The van der Waals surface area contributed by atoms with Gasteiger partial charge in [-0.3, -0.25) is 9.59 Å². The van der Waals surface area contributed by atoms with Crippen molar-refractivity contribution < 1.29 is 19.4 Å². The molecule has 2 heterocycles. The first-order chi connectivity index (χ1) is 9.06. The number of anilines is 1. The van der Waals surface area contributed by atoms with Crippen LogP contribution in [0.5, 0.6) is 0 Å². The quantitative estimate of drug-likeness (QED) is 0.785. The zero-order valence-corrected chi connectivity index (χ0v) is 10.3. The van der Waals surface area contributed by atoms with Gasteiger partial charge in [0, 0.05) is 13.1 Å². The first-order valence-corrected chi connectivity index (χ1v) is 5.91. The van der Waals surface area contributed by atoms with Crippen molar-refractivity contribution in [2.45, 2.75) is 12.5 Å². The van der Waals surface area contributed by atoms with E-state index in [1.807, 2.05) is 4.90 Å². The molecule has 1 aliphatic heterocycles. The second kappa shape index (κ2) is 5.66. The summed E-state index contributed by atoms with van der Waals surface area (Å²) in [6, 6.07) is 5.00. The second-order valence-corrected chi connectivity index (χ2v) is 4.28. The number of ether oxygens (including phenoxy) is 1. The average Bonchev–Trinajstić information content (AvgIpc) is 2.38. The van der Waals surface area contributed by atoms with E-state index >= 15 is 0 Å². The summed E-state index contributed by atoms with van der Waals surface area (Å²) in [6.45, 7) is 1.47. The summed E-state index contributed by atoms with van der Waals surface area (Å²) < 4.78 is 5.38. The van der Waals surface area contributed by atoms with Crippen LogP contribution in [0.15, 0.2) is 18.2 Å². The van der Waals surface area contributed by atoms with Gasteiger partial charge in [-0.1, -0.05) is 6.07 Å². The van der Waals surface area contributed by atoms with Gasteiger partial charge in [-0.15, -0.1) is 0 Å². The van der Waals surface area contributed by atoms with E-state index in [1.165, 1.54) is 0 Å². The lowest BCUT2D eigenvalue weighted by atomic mass is 10.2. The predicted octanol–water partition coefficient (Wildman–Crippen LogP) is -0.140. The number of carbonyl (C=O) groups excluding carboxylic acids is 1. The van der Waals surface area contributed by atoms with Crippen LogP contribution in [0.1, 0.15) is 16.9 Å². The molecule has 1 unspecified atom stereocenters. The van der Waals surface area contributed by atoms with Gasteiger partial charge >= 0.3 is 5.97 Å². The van der Waals surface area contributed by atoms with Crippen LogP contribution in [0, 0.1) is 0 Å². The average molecular weight is 265 g/mol. The SMILES string of the molecule is NC(=O)c1cccc(N2CCOC(CC(=O)O)C2)n1. The topological polar surface area (TPSA) is 106 Å². The zero-order valence-electron chi connectivity index (χ0n) is 10.3. The number of pyridine rings is 1. The Labute approximate surface area is 110 Å². The second-order valence-electron chi connectivity index (χ2n) is 4.28. The minimum Gasteiger partial charge on any atom is -0.481 e. The van der Waals surface area contributed by atoms with Crippen LogP contribution in [-0.2, 0) is 9.53 Å². The van der Waals surface area contributed by atoms with Crippen molar-refractivity contribution >= 4 is 17.7 Å². The van der Waals surface area contributed by atoms with E-state index in [4.69, 9.17) is 15.6 Å². The number of carboxylic acids is 1. The van der Waals surface area contributed by atoms with Crippen molar-refractivity contribution in [1.29, 1.82) is 0 Å². The number of carbonyl (C=O) groups is 2. The monoisotopic (exact) mass is 265 g/mol. The molecule has 0 spiro atoms. The minimum absolute atomic E-state index is 0.0496. The molecule has 3 N–H and O–H groups in total. The Morgan fingerprint density at radius 1 is 1.53 bits per heavy atom. The van der Waals surface area contributed by atoms with Gasteiger partial charge in [-0.05, 0) is 12.1 Å². The zero-order chi connectivity index (χ0) is 13.8. The molecule has 1 fully saturated rings. The van der Waals surface area contributed by atoms with Gasteiger partial charge in [0.25, 0.3) is 5.91 Å². The van der Waals surface area contributed by atoms with Crippen molar-refractivity contribution in [3.63, 3.8) is 0 Å². The fraction of sp³-hybridized carbons (Fsp3) is 0.417. The van der Waals surface area contributed by atoms with Crippen molar-refractivity contribution in [2.24, 2.45) is 5.73 Å². The van der Waals surface area contributed by atoms with Gasteiger partial charge in [0.15, 0.2) is 0 Å². The standard InChI is InChI=1S/C12H15N3O4/c13-12(18)9-2-1-3-10(14-9)15-4-5-19-8(7-15)6-11(16)17/h1-3,8H,4-7H2,(H2,13,18)(H,16,17). The molecule has 1 aromatic rings. The van der Waals surface area contributed by atoms with Gasteiger partial charge in [0.05, 0.1) is 19.1 Å². The maximum atomic E-state index is 11.1. The molecule has 1 amide bonds. The van der Waals surface area contributed by atoms with E-state index in [0.717, 1.165) is 0 Å². The highest BCUT2D eigenvalue weighted by molar-refractivity contribution is 5.91. The molecule has 0 aliphatic carbocycles. The first kappa shape index (κ1) is 13.3. The Hall–Kier alpha value is -2.15. The molecule has 0 aromatic carbocycles. The van der Waals surface area contributed by atoms with Crippen LogP contribution in [0.25, 0.3) is 0 Å². The van der Waals surface area contributed by atoms with Crippen molar-refractivity contribution in [1.82, 2.24) is 4.98 Å². The van der Waals surface area contributed by atoms with Crippen molar-refractivity contribution in [2.75, 3.05) is 24.6 Å². The van der Waals surface area contributed by atoms with Gasteiger partial charge < -0.3 is 20.5 Å². The van der Waals surface area contributed by atoms with Gasteiger partial charge in [0.2, 0.25) is 0 Å². The highest BCUT2D eigenvalue weighted by atomic mass is 16.5. The summed E-state index contributed by atoms with van der Waals surface area (Å²) >= 11 is 0. The minimum atomic E-state index is -0.898. The number of carboxylic acid groups (broad SMARTS) is 1. The summed E-state index contributed by atoms with van der Waals surface area (Å²) in [7, 11) is 0. The number of hydrogen-bond acceptors (Lipinski definition) is 5. The predicted molar refractivity (Wildman–Crippen MR) is 67.0 cm³/mol. The molecule has 102 valence electrons. The van der Waals surface area contributed by atoms with E-state index in [2.05, 4.69) is 4.98 Å². The molecular weight excluding hydrogens is 250 g/mol. The summed E-state index contributed by atoms with van der Waals surface area (Å²) in [5.74, 6) is -0.877. The number of hydrogen-bond donors (Lipinski definition) is 2. The largest absolute Gasteiger partial charge is 0.481 e. The summed E-state index contributed by atoms with van der Waals surface area (Å²) in [4.78, 5) is 27.8. The fourth-order valence-corrected chi connectivity index (χ4v) is 1.98. The molecular formula is C12H15N3O4. The maximum Gasteiger partial charge on any atom is 0.306 e. The van der Waals surface area contributed by atoms with Crippen LogP contribution >= 0.6 is 0 Å². The van der Waals surface area contributed by atoms with Crippen LogP contribution in [0.2, 0.25) is 0 Å². The third kappa shape index (κ3) is 3.41. The number of nitrogens with zero attached hydrogens (tertiary/aromatic N) is 2. The number of nitrogens with two attached hydrogens (primary N) is 1. The van der Waals surface area contributed by atoms with E-state index < -0.39 is 11.9 Å². The fourth-order valence-electron chi connectivity index (χ4n) is 1.98. The van der Waals surface area contributed by atoms with E-state index in [-0.39, 0.29) is 18.2 Å². The highest BCUT2D eigenvalue weighted by Crippen LogP contribution is 2.17. The molecule has 1 aliphatic rings. The Morgan fingerprint density at radius 2 is 2.32 bits per heavy atom. The molecule has 1 aromatic heterocycles. The van der Waals surface area contributed by atoms with E-state index in [9.17, 15) is 9.59 Å². The molecule has 7 nitrogen and oxygen atoms in total. The Bertz CT molecular complexity index is 492. The molecule has 7 heteroatoms. The molecule has 2 rings (SSSR count).